The monoisotopic (exact) mass is 578 g/mol. The maximum atomic E-state index is 12.7. The lowest BCUT2D eigenvalue weighted by molar-refractivity contribution is -0.132. The summed E-state index contributed by atoms with van der Waals surface area (Å²) in [5, 5.41) is 6.05. The van der Waals surface area contributed by atoms with Crippen LogP contribution in [0.25, 0.3) is 0 Å². The van der Waals surface area contributed by atoms with Crippen LogP contribution in [0.1, 0.15) is 35.3 Å². The Morgan fingerprint density at radius 1 is 1.18 bits per heavy atom. The van der Waals surface area contributed by atoms with Crippen molar-refractivity contribution in [2.24, 2.45) is 4.99 Å². The molecule has 2 aromatic rings. The number of hydrogen-bond acceptors (Lipinski definition) is 9. The van der Waals surface area contributed by atoms with Crippen LogP contribution in [0.3, 0.4) is 0 Å². The summed E-state index contributed by atoms with van der Waals surface area (Å²) in [6.07, 6.45) is 2.64. The summed E-state index contributed by atoms with van der Waals surface area (Å²) >= 11 is 1.90. The number of hydrogen-bond donors (Lipinski definition) is 4. The topological polar surface area (TPSA) is 161 Å². The van der Waals surface area contributed by atoms with Crippen molar-refractivity contribution in [2.45, 2.75) is 31.2 Å². The number of methoxy groups -OCH3 is 1. The lowest BCUT2D eigenvalue weighted by Gasteiger charge is -2.39. The van der Waals surface area contributed by atoms with Gasteiger partial charge in [-0.15, -0.1) is 0 Å². The second-order valence-corrected chi connectivity index (χ2v) is 9.41. The molecule has 4 rings (SSSR count). The van der Waals surface area contributed by atoms with Gasteiger partial charge in [-0.1, -0.05) is 12.1 Å². The van der Waals surface area contributed by atoms with Gasteiger partial charge in [0.05, 0.1) is 19.2 Å². The average Bonchev–Trinajstić information content (AvgIpc) is 3.22. The number of carbonyl (C=O) groups is 2. The zero-order valence-electron chi connectivity index (χ0n) is 18.8. The molecule has 11 nitrogen and oxygen atoms in total. The third-order valence-corrected chi connectivity index (χ3v) is 6.93. The SMILES string of the molecule is COc1ccc(CCC(=O)N2CCC3(CC2)CN=C(NC(=O)c2nc(I)c(N)nc2N)N3)cc1. The number of amides is 2. The van der Waals surface area contributed by atoms with Gasteiger partial charge in [-0.2, -0.15) is 0 Å². The summed E-state index contributed by atoms with van der Waals surface area (Å²) in [5.41, 5.74) is 12.3. The van der Waals surface area contributed by atoms with Crippen LogP contribution in [0.15, 0.2) is 29.3 Å². The van der Waals surface area contributed by atoms with Crippen LogP contribution < -0.4 is 26.8 Å². The molecule has 34 heavy (non-hydrogen) atoms. The van der Waals surface area contributed by atoms with Crippen molar-refractivity contribution < 1.29 is 14.3 Å². The van der Waals surface area contributed by atoms with E-state index in [1.54, 1.807) is 7.11 Å². The molecule has 12 heteroatoms. The van der Waals surface area contributed by atoms with Gasteiger partial charge < -0.3 is 26.4 Å². The molecule has 2 aliphatic heterocycles. The van der Waals surface area contributed by atoms with E-state index >= 15 is 0 Å². The minimum absolute atomic E-state index is 0.00123. The number of piperidine rings is 1. The number of benzene rings is 1. The number of aliphatic imine (C=N–C) groups is 1. The highest BCUT2D eigenvalue weighted by Crippen LogP contribution is 2.26. The van der Waals surface area contributed by atoms with Gasteiger partial charge in [-0.05, 0) is 59.5 Å². The van der Waals surface area contributed by atoms with Crippen molar-refractivity contribution >= 4 is 52.0 Å². The van der Waals surface area contributed by atoms with E-state index in [-0.39, 0.29) is 28.8 Å². The summed E-state index contributed by atoms with van der Waals surface area (Å²) in [4.78, 5) is 39.7. The molecule has 0 unspecified atom stereocenters. The highest BCUT2D eigenvalue weighted by molar-refractivity contribution is 14.1. The molecule has 1 aromatic heterocycles. The van der Waals surface area contributed by atoms with Crippen LogP contribution in [0.5, 0.6) is 5.75 Å². The number of aromatic nitrogens is 2. The molecular formula is C22H27IN8O3. The number of likely N-dealkylation sites (tertiary alicyclic amines) is 1. The van der Waals surface area contributed by atoms with Gasteiger partial charge in [-0.3, -0.25) is 19.9 Å². The summed E-state index contributed by atoms with van der Waals surface area (Å²) < 4.78 is 5.57. The number of nitrogens with one attached hydrogen (secondary N) is 2. The number of aryl methyl sites for hydroxylation is 1. The van der Waals surface area contributed by atoms with Crippen LogP contribution in [0.4, 0.5) is 11.6 Å². The summed E-state index contributed by atoms with van der Waals surface area (Å²) in [5.74, 6) is 0.957. The van der Waals surface area contributed by atoms with Crippen molar-refractivity contribution in [1.29, 1.82) is 0 Å². The zero-order chi connectivity index (χ0) is 24.3. The van der Waals surface area contributed by atoms with Crippen molar-refractivity contribution in [1.82, 2.24) is 25.5 Å². The van der Waals surface area contributed by atoms with Crippen LogP contribution in [-0.2, 0) is 11.2 Å². The molecular weight excluding hydrogens is 551 g/mol. The quantitative estimate of drug-likeness (QED) is 0.382. The Morgan fingerprint density at radius 3 is 2.56 bits per heavy atom. The van der Waals surface area contributed by atoms with Gasteiger partial charge in [0, 0.05) is 19.5 Å². The number of anilines is 2. The van der Waals surface area contributed by atoms with Gasteiger partial charge in [0.15, 0.2) is 23.3 Å². The minimum atomic E-state index is -0.502. The van der Waals surface area contributed by atoms with Crippen molar-refractivity contribution in [3.63, 3.8) is 0 Å². The normalized spacial score (nSPS) is 16.6. The number of nitrogens with zero attached hydrogens (tertiary/aromatic N) is 4. The first kappa shape index (κ1) is 24.0. The number of ether oxygens (including phenoxy) is 1. The van der Waals surface area contributed by atoms with E-state index in [1.165, 1.54) is 0 Å². The molecule has 0 saturated carbocycles. The molecule has 2 amide bonds. The molecule has 1 spiro atoms. The van der Waals surface area contributed by atoms with Gasteiger partial charge >= 0.3 is 0 Å². The molecule has 6 N–H and O–H groups in total. The largest absolute Gasteiger partial charge is 0.497 e. The molecule has 1 aromatic carbocycles. The van der Waals surface area contributed by atoms with E-state index in [9.17, 15) is 9.59 Å². The highest BCUT2D eigenvalue weighted by Gasteiger charge is 2.40. The van der Waals surface area contributed by atoms with Crippen molar-refractivity contribution in [3.8, 4) is 5.75 Å². The first-order chi connectivity index (χ1) is 16.3. The van der Waals surface area contributed by atoms with Crippen LogP contribution in [0, 0.1) is 3.70 Å². The summed E-state index contributed by atoms with van der Waals surface area (Å²) in [6, 6.07) is 7.78. The van der Waals surface area contributed by atoms with Crippen LogP contribution >= 0.6 is 22.6 Å². The third-order valence-electron chi connectivity index (χ3n) is 6.14. The molecule has 3 heterocycles. The molecule has 0 aliphatic carbocycles. The molecule has 1 fully saturated rings. The number of rotatable bonds is 5. The fraction of sp³-hybridized carbons (Fsp3) is 0.409. The zero-order valence-corrected chi connectivity index (χ0v) is 21.0. The predicted molar refractivity (Wildman–Crippen MR) is 136 cm³/mol. The first-order valence-corrected chi connectivity index (χ1v) is 12.0. The Kier molecular flexibility index (Phi) is 7.05. The lowest BCUT2D eigenvalue weighted by atomic mass is 9.88. The van der Waals surface area contributed by atoms with E-state index in [2.05, 4.69) is 25.6 Å². The second kappa shape index (κ2) is 9.99. The van der Waals surface area contributed by atoms with E-state index in [1.807, 2.05) is 51.8 Å². The van der Waals surface area contributed by atoms with Gasteiger partial charge in [0.2, 0.25) is 5.91 Å². The molecule has 0 bridgehead atoms. The Hall–Kier alpha value is -3.16. The molecule has 180 valence electrons. The maximum absolute atomic E-state index is 12.7. The molecule has 0 atom stereocenters. The standard InChI is InChI=1S/C22H27IN8O3/c1-34-14-5-2-13(3-6-14)4-7-15(32)31-10-8-22(9-11-31)12-26-21(30-22)29-20(33)16-18(24)28-19(25)17(23)27-16/h2-3,5-6H,4,7-12H2,1H3,(H4,24,25,28)(H2,26,29,30,33). The summed E-state index contributed by atoms with van der Waals surface area (Å²) in [7, 11) is 1.63. The number of nitrogens with two attached hydrogens (primary N) is 2. The Labute approximate surface area is 210 Å². The van der Waals surface area contributed by atoms with Crippen molar-refractivity contribution in [2.75, 3.05) is 38.2 Å². The fourth-order valence-corrected chi connectivity index (χ4v) is 4.44. The minimum Gasteiger partial charge on any atom is -0.497 e. The smallest absolute Gasteiger partial charge is 0.280 e. The highest BCUT2D eigenvalue weighted by atomic mass is 127. The van der Waals surface area contributed by atoms with Crippen LogP contribution in [0.2, 0.25) is 0 Å². The van der Waals surface area contributed by atoms with E-state index in [0.29, 0.717) is 42.1 Å². The maximum Gasteiger partial charge on any atom is 0.280 e. The van der Waals surface area contributed by atoms with Crippen molar-refractivity contribution in [3.05, 3.63) is 39.2 Å². The predicted octanol–water partition coefficient (Wildman–Crippen LogP) is 0.937. The number of nitrogen functional groups attached to an aromatic ring is 2. The average molecular weight is 578 g/mol. The van der Waals surface area contributed by atoms with Gasteiger partial charge in [0.25, 0.3) is 5.91 Å². The van der Waals surface area contributed by atoms with Gasteiger partial charge in [0.1, 0.15) is 9.45 Å². The Morgan fingerprint density at radius 2 is 1.88 bits per heavy atom. The summed E-state index contributed by atoms with van der Waals surface area (Å²) in [6.45, 7) is 1.80. The molecule has 1 saturated heterocycles. The van der Waals surface area contributed by atoms with E-state index in [0.717, 1.165) is 24.2 Å². The molecule has 2 aliphatic rings. The fourth-order valence-electron chi connectivity index (χ4n) is 4.08. The number of halogens is 1. The second-order valence-electron chi connectivity index (χ2n) is 8.39. The Bertz CT molecular complexity index is 1110. The van der Waals surface area contributed by atoms with Gasteiger partial charge in [-0.25, -0.2) is 9.97 Å². The van der Waals surface area contributed by atoms with Crippen LogP contribution in [-0.4, -0.2) is 64.9 Å². The van der Waals surface area contributed by atoms with E-state index < -0.39 is 5.91 Å². The number of carbonyl (C=O) groups excluding carboxylic acids is 2. The first-order valence-electron chi connectivity index (χ1n) is 10.9. The third kappa shape index (κ3) is 5.32. The van der Waals surface area contributed by atoms with E-state index in [4.69, 9.17) is 16.2 Å². The number of guanidine groups is 1. The Balaban J connectivity index is 1.26. The lowest BCUT2D eigenvalue weighted by Crippen LogP contribution is -2.57. The molecule has 0 radical (unpaired) electrons.